The van der Waals surface area contributed by atoms with Gasteiger partial charge in [0.1, 0.15) is 11.4 Å². The number of rotatable bonds is 5. The van der Waals surface area contributed by atoms with Gasteiger partial charge in [-0.2, -0.15) is 0 Å². The molecule has 2 rings (SSSR count). The Hall–Kier alpha value is -1.84. The molecule has 0 aliphatic rings. The number of amides is 1. The highest BCUT2D eigenvalue weighted by Crippen LogP contribution is 2.15. The van der Waals surface area contributed by atoms with Crippen LogP contribution < -0.4 is 15.0 Å². The number of hydrazine groups is 1. The van der Waals surface area contributed by atoms with Crippen LogP contribution in [-0.4, -0.2) is 26.0 Å². The van der Waals surface area contributed by atoms with E-state index in [9.17, 15) is 13.2 Å². The number of hydrogen-bond acceptors (Lipinski definition) is 4. The summed E-state index contributed by atoms with van der Waals surface area (Å²) in [6.45, 7) is 0. The molecule has 0 aliphatic carbocycles. The van der Waals surface area contributed by atoms with Gasteiger partial charge in [0.15, 0.2) is 0 Å². The average Bonchev–Trinajstić information content (AvgIpc) is 2.83. The summed E-state index contributed by atoms with van der Waals surface area (Å²) in [5.41, 5.74) is 2.48. The van der Waals surface area contributed by atoms with E-state index in [0.717, 1.165) is 4.47 Å². The van der Waals surface area contributed by atoms with Gasteiger partial charge >= 0.3 is 0 Å². The van der Waals surface area contributed by atoms with Crippen molar-refractivity contribution in [2.75, 3.05) is 7.11 Å². The van der Waals surface area contributed by atoms with Crippen LogP contribution >= 0.6 is 15.9 Å². The molecule has 22 heavy (non-hydrogen) atoms. The van der Waals surface area contributed by atoms with E-state index in [1.807, 2.05) is 0 Å². The van der Waals surface area contributed by atoms with Gasteiger partial charge in [0, 0.05) is 17.7 Å². The molecule has 0 bridgehead atoms. The maximum absolute atomic E-state index is 12.1. The second-order valence-electron chi connectivity index (χ2n) is 4.39. The molecule has 0 aliphatic heterocycles. The summed E-state index contributed by atoms with van der Waals surface area (Å²) in [6, 6.07) is 7.38. The Labute approximate surface area is 136 Å². The van der Waals surface area contributed by atoms with Crippen molar-refractivity contribution in [3.63, 3.8) is 0 Å². The number of aromatic nitrogens is 1. The van der Waals surface area contributed by atoms with Gasteiger partial charge in [0.2, 0.25) is 0 Å². The third-order valence-electron chi connectivity index (χ3n) is 2.87. The molecule has 0 spiro atoms. The smallest absolute Gasteiger partial charge is 0.282 e. The van der Waals surface area contributed by atoms with Crippen LogP contribution in [-0.2, 0) is 17.1 Å². The molecule has 1 aromatic carbocycles. The van der Waals surface area contributed by atoms with Gasteiger partial charge in [0.05, 0.1) is 12.0 Å². The third kappa shape index (κ3) is 3.67. The second-order valence-corrected chi connectivity index (χ2v) is 6.99. The summed E-state index contributed by atoms with van der Waals surface area (Å²) in [5, 5.41) is 0. The van der Waals surface area contributed by atoms with E-state index >= 15 is 0 Å². The summed E-state index contributed by atoms with van der Waals surface area (Å²) >= 11 is 3.24. The van der Waals surface area contributed by atoms with E-state index in [2.05, 4.69) is 26.2 Å². The molecule has 2 N–H and O–H groups in total. The Balaban J connectivity index is 2.09. The summed E-state index contributed by atoms with van der Waals surface area (Å²) in [5.74, 6) is -0.0260. The molecule has 7 nitrogen and oxygen atoms in total. The Morgan fingerprint density at radius 3 is 2.41 bits per heavy atom. The van der Waals surface area contributed by atoms with Crippen molar-refractivity contribution in [2.45, 2.75) is 4.90 Å². The number of aryl methyl sites for hydroxylation is 1. The molecule has 0 fully saturated rings. The molecular weight excluding hydrogens is 374 g/mol. The fraction of sp³-hybridized carbons (Fsp3) is 0.154. The molecular formula is C13H14BrN3O4S. The monoisotopic (exact) mass is 387 g/mol. The first kappa shape index (κ1) is 16.5. The second kappa shape index (κ2) is 6.51. The average molecular weight is 388 g/mol. The molecule has 1 heterocycles. The quantitative estimate of drug-likeness (QED) is 0.759. The normalized spacial score (nSPS) is 11.2. The third-order valence-corrected chi connectivity index (χ3v) is 4.57. The number of nitrogens with one attached hydrogen (secondary N) is 2. The van der Waals surface area contributed by atoms with Crippen LogP contribution in [0.1, 0.15) is 10.5 Å². The molecule has 1 amide bonds. The standard InChI is InChI=1S/C13H14BrN3O4S/c1-17-8-9(14)7-12(17)13(18)15-16-22(19,20)11-5-3-10(21-2)4-6-11/h3-8,16H,1-2H3,(H,15,18). The molecule has 1 aromatic heterocycles. The van der Waals surface area contributed by atoms with Gasteiger partial charge in [-0.05, 0) is 46.3 Å². The number of hydrogen-bond donors (Lipinski definition) is 2. The van der Waals surface area contributed by atoms with E-state index < -0.39 is 15.9 Å². The fourth-order valence-corrected chi connectivity index (χ4v) is 3.10. The zero-order chi connectivity index (χ0) is 16.3. The number of carbonyl (C=O) groups excluding carboxylic acids is 1. The summed E-state index contributed by atoms with van der Waals surface area (Å²) < 4.78 is 31.4. The summed E-state index contributed by atoms with van der Waals surface area (Å²) in [7, 11) is -0.689. The molecule has 0 saturated carbocycles. The summed E-state index contributed by atoms with van der Waals surface area (Å²) in [6.07, 6.45) is 1.69. The molecule has 2 aromatic rings. The van der Waals surface area contributed by atoms with Gasteiger partial charge in [-0.15, -0.1) is 4.83 Å². The first-order valence-corrected chi connectivity index (χ1v) is 8.39. The van der Waals surface area contributed by atoms with Crippen LogP contribution in [0.4, 0.5) is 0 Å². The topological polar surface area (TPSA) is 89.4 Å². The SMILES string of the molecule is COc1ccc(S(=O)(=O)NNC(=O)c2cc(Br)cn2C)cc1. The zero-order valence-electron chi connectivity index (χ0n) is 11.8. The van der Waals surface area contributed by atoms with Crippen LogP contribution in [0.25, 0.3) is 0 Å². The predicted molar refractivity (Wildman–Crippen MR) is 83.9 cm³/mol. The van der Waals surface area contributed by atoms with Gasteiger partial charge in [0.25, 0.3) is 15.9 Å². The van der Waals surface area contributed by atoms with Crippen molar-refractivity contribution in [3.05, 3.63) is 46.7 Å². The molecule has 118 valence electrons. The maximum atomic E-state index is 12.1. The minimum atomic E-state index is -3.85. The Kier molecular flexibility index (Phi) is 4.89. The lowest BCUT2D eigenvalue weighted by atomic mass is 10.3. The molecule has 0 saturated heterocycles. The number of nitrogens with zero attached hydrogens (tertiary/aromatic N) is 1. The van der Waals surface area contributed by atoms with Crippen molar-refractivity contribution in [3.8, 4) is 5.75 Å². The summed E-state index contributed by atoms with van der Waals surface area (Å²) in [4.78, 5) is 14.0. The minimum Gasteiger partial charge on any atom is -0.497 e. The number of methoxy groups -OCH3 is 1. The van der Waals surface area contributed by atoms with Crippen molar-refractivity contribution in [1.82, 2.24) is 14.8 Å². The van der Waals surface area contributed by atoms with Crippen molar-refractivity contribution in [2.24, 2.45) is 7.05 Å². The maximum Gasteiger partial charge on any atom is 0.282 e. The van der Waals surface area contributed by atoms with Gasteiger partial charge in [-0.1, -0.05) is 0 Å². The highest BCUT2D eigenvalue weighted by molar-refractivity contribution is 9.10. The van der Waals surface area contributed by atoms with Gasteiger partial charge in [-0.25, -0.2) is 8.42 Å². The Morgan fingerprint density at radius 1 is 1.27 bits per heavy atom. The number of ether oxygens (including phenoxy) is 1. The Bertz CT molecular complexity index is 784. The number of halogens is 1. The van der Waals surface area contributed by atoms with E-state index in [4.69, 9.17) is 4.74 Å². The molecule has 0 radical (unpaired) electrons. The number of carbonyl (C=O) groups is 1. The van der Waals surface area contributed by atoms with Crippen molar-refractivity contribution in [1.29, 1.82) is 0 Å². The Morgan fingerprint density at radius 2 is 1.91 bits per heavy atom. The minimum absolute atomic E-state index is 0.0154. The van der Waals surface area contributed by atoms with Crippen molar-refractivity contribution >= 4 is 31.9 Å². The van der Waals surface area contributed by atoms with Crippen molar-refractivity contribution < 1.29 is 17.9 Å². The first-order chi connectivity index (χ1) is 10.3. The largest absolute Gasteiger partial charge is 0.497 e. The highest BCUT2D eigenvalue weighted by atomic mass is 79.9. The zero-order valence-corrected chi connectivity index (χ0v) is 14.2. The lowest BCUT2D eigenvalue weighted by molar-refractivity contribution is 0.0937. The van der Waals surface area contributed by atoms with E-state index in [0.29, 0.717) is 11.4 Å². The van der Waals surface area contributed by atoms with Crippen LogP contribution in [0.15, 0.2) is 45.9 Å². The van der Waals surface area contributed by atoms with Crippen LogP contribution in [0.5, 0.6) is 5.75 Å². The fourth-order valence-electron chi connectivity index (χ4n) is 1.74. The van der Waals surface area contributed by atoms with E-state index in [-0.39, 0.29) is 4.90 Å². The van der Waals surface area contributed by atoms with Crippen LogP contribution in [0.2, 0.25) is 0 Å². The molecule has 0 unspecified atom stereocenters. The van der Waals surface area contributed by atoms with Gasteiger partial charge < -0.3 is 9.30 Å². The molecule has 9 heteroatoms. The lowest BCUT2D eigenvalue weighted by Crippen LogP contribution is -2.42. The molecule has 0 atom stereocenters. The van der Waals surface area contributed by atoms with Crippen LogP contribution in [0.3, 0.4) is 0 Å². The predicted octanol–water partition coefficient (Wildman–Crippen LogP) is 1.42. The lowest BCUT2D eigenvalue weighted by Gasteiger charge is -2.09. The van der Waals surface area contributed by atoms with E-state index in [1.54, 1.807) is 23.9 Å². The van der Waals surface area contributed by atoms with Gasteiger partial charge in [-0.3, -0.25) is 10.2 Å². The first-order valence-electron chi connectivity index (χ1n) is 6.11. The number of benzene rings is 1. The van der Waals surface area contributed by atoms with E-state index in [1.165, 1.54) is 31.4 Å². The van der Waals surface area contributed by atoms with Crippen LogP contribution in [0, 0.1) is 0 Å². The number of sulfonamides is 1. The highest BCUT2D eigenvalue weighted by Gasteiger charge is 2.17.